The maximum absolute atomic E-state index is 12.1. The van der Waals surface area contributed by atoms with E-state index >= 15 is 0 Å². The fourth-order valence-electron chi connectivity index (χ4n) is 2.01. The summed E-state index contributed by atoms with van der Waals surface area (Å²) in [4.78, 5) is 12.0. The second kappa shape index (κ2) is 9.61. The van der Waals surface area contributed by atoms with E-state index in [1.165, 1.54) is 24.3 Å². The second-order valence-corrected chi connectivity index (χ2v) is 8.47. The minimum absolute atomic E-state index is 0.0171. The van der Waals surface area contributed by atoms with Crippen molar-refractivity contribution in [3.63, 3.8) is 0 Å². The topological polar surface area (TPSA) is 84.5 Å². The number of carbonyl (C=O) groups is 1. The molecule has 6 nitrogen and oxygen atoms in total. The first-order valence-corrected chi connectivity index (χ1v) is 10.5. The molecule has 10 heteroatoms. The van der Waals surface area contributed by atoms with Crippen molar-refractivity contribution in [3.8, 4) is 5.75 Å². The van der Waals surface area contributed by atoms with Gasteiger partial charge >= 0.3 is 0 Å². The highest BCUT2D eigenvalue weighted by Crippen LogP contribution is 2.28. The van der Waals surface area contributed by atoms with Crippen molar-refractivity contribution < 1.29 is 17.9 Å². The summed E-state index contributed by atoms with van der Waals surface area (Å²) in [5, 5.41) is 3.40. The molecular weight excluding hydrogens is 435 g/mol. The number of rotatable bonds is 8. The van der Waals surface area contributed by atoms with Gasteiger partial charge < -0.3 is 10.1 Å². The van der Waals surface area contributed by atoms with E-state index in [1.807, 2.05) is 6.92 Å². The Labute approximate surface area is 172 Å². The number of benzene rings is 2. The first-order chi connectivity index (χ1) is 12.7. The zero-order valence-corrected chi connectivity index (χ0v) is 17.3. The van der Waals surface area contributed by atoms with Crippen LogP contribution in [0.15, 0.2) is 41.3 Å². The lowest BCUT2D eigenvalue weighted by atomic mass is 10.3. The fraction of sp³-hybridized carbons (Fsp3) is 0.235. The number of nitrogens with one attached hydrogen (secondary N) is 2. The Morgan fingerprint density at radius 3 is 2.48 bits per heavy atom. The summed E-state index contributed by atoms with van der Waals surface area (Å²) in [5.41, 5.74) is 0.354. The molecular formula is C17H17Cl3N2O4S. The van der Waals surface area contributed by atoms with Crippen LogP contribution in [0, 0.1) is 0 Å². The highest BCUT2D eigenvalue weighted by molar-refractivity contribution is 7.89. The van der Waals surface area contributed by atoms with E-state index in [0.717, 1.165) is 0 Å². The molecule has 0 saturated heterocycles. The van der Waals surface area contributed by atoms with Gasteiger partial charge in [0, 0.05) is 11.6 Å². The Morgan fingerprint density at radius 2 is 1.81 bits per heavy atom. The van der Waals surface area contributed by atoms with Crippen LogP contribution in [-0.2, 0) is 14.8 Å². The van der Waals surface area contributed by atoms with Gasteiger partial charge in [0.2, 0.25) is 10.0 Å². The maximum Gasteiger partial charge on any atom is 0.262 e. The van der Waals surface area contributed by atoms with Crippen molar-refractivity contribution in [2.24, 2.45) is 0 Å². The second-order valence-electron chi connectivity index (χ2n) is 5.45. The Morgan fingerprint density at radius 1 is 1.07 bits per heavy atom. The summed E-state index contributed by atoms with van der Waals surface area (Å²) in [6, 6.07) is 8.68. The fourth-order valence-corrected chi connectivity index (χ4v) is 3.80. The molecule has 0 aromatic heterocycles. The Hall–Kier alpha value is -1.51. The molecule has 0 fully saturated rings. The van der Waals surface area contributed by atoms with Crippen molar-refractivity contribution in [3.05, 3.63) is 51.5 Å². The molecule has 27 heavy (non-hydrogen) atoms. The molecule has 2 N–H and O–H groups in total. The van der Waals surface area contributed by atoms with Gasteiger partial charge in [0.1, 0.15) is 5.75 Å². The smallest absolute Gasteiger partial charge is 0.262 e. The quantitative estimate of drug-likeness (QED) is 0.625. The molecule has 0 spiro atoms. The lowest BCUT2D eigenvalue weighted by Crippen LogP contribution is -2.24. The molecule has 0 saturated carbocycles. The average Bonchev–Trinajstić information content (AvgIpc) is 2.62. The molecule has 0 radical (unpaired) electrons. The van der Waals surface area contributed by atoms with Crippen molar-refractivity contribution in [1.29, 1.82) is 0 Å². The first-order valence-electron chi connectivity index (χ1n) is 7.90. The molecule has 0 bridgehead atoms. The predicted octanol–water partition coefficient (Wildman–Crippen LogP) is 4.35. The zero-order chi connectivity index (χ0) is 20.0. The van der Waals surface area contributed by atoms with E-state index in [9.17, 15) is 13.2 Å². The van der Waals surface area contributed by atoms with E-state index in [4.69, 9.17) is 39.5 Å². The van der Waals surface area contributed by atoms with Gasteiger partial charge in [0.05, 0.1) is 20.6 Å². The summed E-state index contributed by atoms with van der Waals surface area (Å²) in [6.07, 6.45) is 0.667. The van der Waals surface area contributed by atoms with Gasteiger partial charge in [-0.15, -0.1) is 0 Å². The summed E-state index contributed by atoms with van der Waals surface area (Å²) in [7, 11) is -3.64. The average molecular weight is 452 g/mol. The molecule has 0 aliphatic carbocycles. The van der Waals surface area contributed by atoms with E-state index in [1.54, 1.807) is 12.1 Å². The molecule has 2 aromatic carbocycles. The number of hydrogen-bond donors (Lipinski definition) is 2. The van der Waals surface area contributed by atoms with Crippen LogP contribution in [0.4, 0.5) is 5.69 Å². The lowest BCUT2D eigenvalue weighted by molar-refractivity contribution is -0.118. The standard InChI is InChI=1S/C17H17Cl3N2O4S/c1-2-7-21-27(24,25)12-4-6-16(14(20)9-12)26-10-17(23)22-15-8-11(18)3-5-13(15)19/h3-6,8-9,21H,2,7,10H2,1H3,(H,22,23). The molecule has 0 aliphatic heterocycles. The molecule has 146 valence electrons. The molecule has 0 atom stereocenters. The molecule has 2 rings (SSSR count). The largest absolute Gasteiger partial charge is 0.482 e. The zero-order valence-electron chi connectivity index (χ0n) is 14.3. The molecule has 1 amide bonds. The number of sulfonamides is 1. The van der Waals surface area contributed by atoms with E-state index in [0.29, 0.717) is 28.7 Å². The Balaban J connectivity index is 2.01. The monoisotopic (exact) mass is 450 g/mol. The van der Waals surface area contributed by atoms with Gasteiger partial charge in [0.25, 0.3) is 5.91 Å². The summed E-state index contributed by atoms with van der Waals surface area (Å²) < 4.78 is 32.0. The van der Waals surface area contributed by atoms with Gasteiger partial charge in [-0.25, -0.2) is 13.1 Å². The SMILES string of the molecule is CCCNS(=O)(=O)c1ccc(OCC(=O)Nc2cc(Cl)ccc2Cl)c(Cl)c1. The minimum Gasteiger partial charge on any atom is -0.482 e. The van der Waals surface area contributed by atoms with Gasteiger partial charge in [-0.3, -0.25) is 4.79 Å². The summed E-state index contributed by atoms with van der Waals surface area (Å²) >= 11 is 17.9. The third kappa shape index (κ3) is 6.26. The number of halogens is 3. The van der Waals surface area contributed by atoms with Crippen molar-refractivity contribution in [2.75, 3.05) is 18.5 Å². The maximum atomic E-state index is 12.1. The summed E-state index contributed by atoms with van der Waals surface area (Å²) in [5.74, 6) is -0.296. The molecule has 0 unspecified atom stereocenters. The normalized spacial score (nSPS) is 11.3. The van der Waals surface area contributed by atoms with Gasteiger partial charge in [0.15, 0.2) is 6.61 Å². The van der Waals surface area contributed by atoms with E-state index < -0.39 is 15.9 Å². The predicted molar refractivity (Wildman–Crippen MR) is 108 cm³/mol. The molecule has 0 heterocycles. The van der Waals surface area contributed by atoms with Gasteiger partial charge in [-0.1, -0.05) is 41.7 Å². The van der Waals surface area contributed by atoms with Crippen LogP contribution in [0.2, 0.25) is 15.1 Å². The van der Waals surface area contributed by atoms with Crippen molar-refractivity contribution in [1.82, 2.24) is 4.72 Å². The van der Waals surface area contributed by atoms with Crippen LogP contribution in [0.25, 0.3) is 0 Å². The van der Waals surface area contributed by atoms with Crippen LogP contribution >= 0.6 is 34.8 Å². The highest BCUT2D eigenvalue weighted by Gasteiger charge is 2.16. The highest BCUT2D eigenvalue weighted by atomic mass is 35.5. The minimum atomic E-state index is -3.64. The van der Waals surface area contributed by atoms with Crippen LogP contribution < -0.4 is 14.8 Å². The Kier molecular flexibility index (Phi) is 7.76. The van der Waals surface area contributed by atoms with Crippen LogP contribution in [-0.4, -0.2) is 27.5 Å². The lowest BCUT2D eigenvalue weighted by Gasteiger charge is -2.11. The number of carbonyl (C=O) groups excluding carboxylic acids is 1. The third-order valence-corrected chi connectivity index (χ3v) is 5.64. The van der Waals surface area contributed by atoms with Gasteiger partial charge in [-0.2, -0.15) is 0 Å². The molecule has 2 aromatic rings. The molecule has 0 aliphatic rings. The Bertz CT molecular complexity index is 936. The van der Waals surface area contributed by atoms with Gasteiger partial charge in [-0.05, 0) is 42.8 Å². The van der Waals surface area contributed by atoms with Crippen LogP contribution in [0.5, 0.6) is 5.75 Å². The van der Waals surface area contributed by atoms with Crippen molar-refractivity contribution >= 4 is 56.4 Å². The van der Waals surface area contributed by atoms with E-state index in [-0.39, 0.29) is 22.3 Å². The number of hydrogen-bond acceptors (Lipinski definition) is 4. The first kappa shape index (κ1) is 21.8. The van der Waals surface area contributed by atoms with Crippen LogP contribution in [0.1, 0.15) is 13.3 Å². The van der Waals surface area contributed by atoms with E-state index in [2.05, 4.69) is 10.0 Å². The number of anilines is 1. The van der Waals surface area contributed by atoms with Crippen molar-refractivity contribution in [2.45, 2.75) is 18.2 Å². The number of ether oxygens (including phenoxy) is 1. The number of amides is 1. The third-order valence-electron chi connectivity index (χ3n) is 3.32. The summed E-state index contributed by atoms with van der Waals surface area (Å²) in [6.45, 7) is 1.83. The van der Waals surface area contributed by atoms with Crippen LogP contribution in [0.3, 0.4) is 0 Å².